The fourth-order valence-corrected chi connectivity index (χ4v) is 6.03. The molecular weight excluding hydrogens is 440 g/mol. The summed E-state index contributed by atoms with van der Waals surface area (Å²) in [5, 5.41) is 13.9. The Labute approximate surface area is 194 Å². The number of fused-ring (bicyclic) bond motifs is 1. The second kappa shape index (κ2) is 8.99. The number of thiazole rings is 1. The standard InChI is InChI=1S/C23H24N6OS2/c1-15-9-10-19(16(2)12-15)29-23(25-26-27-29)31-14-21(30)28-11-5-6-17(13-28)22-24-18-7-3-4-8-20(18)32-22/h3-4,7-10,12,17H,5-6,11,13-14H2,1-2H3/t17-/m1/s1. The monoisotopic (exact) mass is 464 g/mol. The summed E-state index contributed by atoms with van der Waals surface area (Å²) in [5.74, 6) is 0.740. The number of benzene rings is 2. The van der Waals surface area contributed by atoms with Crippen LogP contribution in [0.5, 0.6) is 0 Å². The number of rotatable bonds is 5. The number of aryl methyl sites for hydroxylation is 2. The lowest BCUT2D eigenvalue weighted by Crippen LogP contribution is -2.40. The number of thioether (sulfide) groups is 1. The van der Waals surface area contributed by atoms with E-state index in [1.165, 1.54) is 22.0 Å². The summed E-state index contributed by atoms with van der Waals surface area (Å²) in [6, 6.07) is 14.4. The zero-order valence-corrected chi connectivity index (χ0v) is 19.7. The Kier molecular flexibility index (Phi) is 5.93. The number of carbonyl (C=O) groups is 1. The molecule has 4 aromatic rings. The summed E-state index contributed by atoms with van der Waals surface area (Å²) in [4.78, 5) is 19.8. The lowest BCUT2D eigenvalue weighted by atomic mass is 9.99. The van der Waals surface area contributed by atoms with Gasteiger partial charge in [-0.25, -0.2) is 4.98 Å². The van der Waals surface area contributed by atoms with E-state index in [1.807, 2.05) is 36.1 Å². The van der Waals surface area contributed by atoms with E-state index in [0.717, 1.165) is 47.7 Å². The summed E-state index contributed by atoms with van der Waals surface area (Å²) in [5.41, 5.74) is 4.27. The number of aromatic nitrogens is 5. The Morgan fingerprint density at radius 2 is 2.09 bits per heavy atom. The largest absolute Gasteiger partial charge is 0.341 e. The Morgan fingerprint density at radius 3 is 2.94 bits per heavy atom. The van der Waals surface area contributed by atoms with Gasteiger partial charge in [-0.3, -0.25) is 4.79 Å². The van der Waals surface area contributed by atoms with Gasteiger partial charge in [0.05, 0.1) is 26.7 Å². The van der Waals surface area contributed by atoms with E-state index in [0.29, 0.717) is 16.8 Å². The van der Waals surface area contributed by atoms with E-state index in [1.54, 1.807) is 16.0 Å². The molecule has 1 aliphatic rings. The molecule has 3 heterocycles. The van der Waals surface area contributed by atoms with Crippen LogP contribution in [0.4, 0.5) is 0 Å². The van der Waals surface area contributed by atoms with Crippen molar-refractivity contribution >= 4 is 39.2 Å². The van der Waals surface area contributed by atoms with Gasteiger partial charge in [0.2, 0.25) is 11.1 Å². The number of para-hydroxylation sites is 1. The smallest absolute Gasteiger partial charge is 0.233 e. The average Bonchev–Trinajstić information content (AvgIpc) is 3.44. The van der Waals surface area contributed by atoms with Gasteiger partial charge in [-0.1, -0.05) is 41.6 Å². The molecule has 2 aromatic carbocycles. The molecule has 9 heteroatoms. The van der Waals surface area contributed by atoms with Crippen LogP contribution in [0.3, 0.4) is 0 Å². The summed E-state index contributed by atoms with van der Waals surface area (Å²) in [7, 11) is 0. The molecule has 32 heavy (non-hydrogen) atoms. The Bertz CT molecular complexity index is 1230. The highest BCUT2D eigenvalue weighted by atomic mass is 32.2. The van der Waals surface area contributed by atoms with E-state index < -0.39 is 0 Å². The molecule has 0 N–H and O–H groups in total. The lowest BCUT2D eigenvalue weighted by Gasteiger charge is -2.31. The van der Waals surface area contributed by atoms with Crippen molar-refractivity contribution in [2.75, 3.05) is 18.8 Å². The van der Waals surface area contributed by atoms with Gasteiger partial charge in [0, 0.05) is 19.0 Å². The third kappa shape index (κ3) is 4.27. The van der Waals surface area contributed by atoms with Crippen LogP contribution in [-0.4, -0.2) is 54.8 Å². The van der Waals surface area contributed by atoms with Gasteiger partial charge >= 0.3 is 0 Å². The number of likely N-dealkylation sites (tertiary alicyclic amines) is 1. The van der Waals surface area contributed by atoms with Gasteiger partial charge in [0.1, 0.15) is 0 Å². The van der Waals surface area contributed by atoms with Crippen LogP contribution in [0.1, 0.15) is 34.9 Å². The molecule has 0 bridgehead atoms. The fraction of sp³-hybridized carbons (Fsp3) is 0.348. The quantitative estimate of drug-likeness (QED) is 0.408. The number of piperidine rings is 1. The minimum Gasteiger partial charge on any atom is -0.341 e. The Morgan fingerprint density at radius 1 is 1.22 bits per heavy atom. The highest BCUT2D eigenvalue weighted by Crippen LogP contribution is 2.33. The van der Waals surface area contributed by atoms with Crippen LogP contribution in [0.2, 0.25) is 0 Å². The van der Waals surface area contributed by atoms with Crippen LogP contribution in [0, 0.1) is 13.8 Å². The first-order valence-corrected chi connectivity index (χ1v) is 12.5. The highest BCUT2D eigenvalue weighted by Gasteiger charge is 2.27. The second-order valence-electron chi connectivity index (χ2n) is 8.15. The second-order valence-corrected chi connectivity index (χ2v) is 10.2. The molecule has 1 amide bonds. The summed E-state index contributed by atoms with van der Waals surface area (Å²) in [6.07, 6.45) is 2.07. The van der Waals surface area contributed by atoms with Gasteiger partial charge in [-0.2, -0.15) is 4.68 Å². The average molecular weight is 465 g/mol. The molecule has 7 nitrogen and oxygen atoms in total. The molecule has 0 aliphatic carbocycles. The molecule has 1 aliphatic heterocycles. The zero-order valence-electron chi connectivity index (χ0n) is 18.1. The van der Waals surface area contributed by atoms with Gasteiger partial charge in [-0.15, -0.1) is 16.4 Å². The first kappa shape index (κ1) is 21.1. The molecule has 0 radical (unpaired) electrons. The summed E-state index contributed by atoms with van der Waals surface area (Å²) in [6.45, 7) is 5.62. The molecule has 5 rings (SSSR count). The number of carbonyl (C=O) groups excluding carboxylic acids is 1. The minimum atomic E-state index is 0.121. The Balaban J connectivity index is 1.25. The molecule has 1 atom stereocenters. The van der Waals surface area contributed by atoms with Crippen molar-refractivity contribution in [2.45, 2.75) is 37.8 Å². The number of hydrogen-bond acceptors (Lipinski definition) is 7. The van der Waals surface area contributed by atoms with E-state index in [4.69, 9.17) is 4.98 Å². The minimum absolute atomic E-state index is 0.121. The molecule has 1 fully saturated rings. The van der Waals surface area contributed by atoms with Crippen LogP contribution in [-0.2, 0) is 4.79 Å². The molecule has 164 valence electrons. The van der Waals surface area contributed by atoms with Crippen molar-refractivity contribution in [1.82, 2.24) is 30.1 Å². The van der Waals surface area contributed by atoms with E-state index >= 15 is 0 Å². The van der Waals surface area contributed by atoms with Gasteiger partial charge in [-0.05, 0) is 60.9 Å². The maximum atomic E-state index is 13.0. The topological polar surface area (TPSA) is 76.8 Å². The van der Waals surface area contributed by atoms with Crippen LogP contribution < -0.4 is 0 Å². The first-order valence-electron chi connectivity index (χ1n) is 10.7. The number of nitrogens with zero attached hydrogens (tertiary/aromatic N) is 6. The molecular formula is C23H24N6OS2. The lowest BCUT2D eigenvalue weighted by molar-refractivity contribution is -0.129. The third-order valence-electron chi connectivity index (χ3n) is 5.78. The summed E-state index contributed by atoms with van der Waals surface area (Å²) < 4.78 is 2.92. The molecule has 1 saturated heterocycles. The van der Waals surface area contributed by atoms with Crippen molar-refractivity contribution in [3.63, 3.8) is 0 Å². The van der Waals surface area contributed by atoms with Gasteiger partial charge in [0.15, 0.2) is 0 Å². The molecule has 0 unspecified atom stereocenters. The van der Waals surface area contributed by atoms with Crippen molar-refractivity contribution in [2.24, 2.45) is 0 Å². The zero-order chi connectivity index (χ0) is 22.1. The maximum absolute atomic E-state index is 13.0. The fourth-order valence-electron chi connectivity index (χ4n) is 4.15. The third-order valence-corrected chi connectivity index (χ3v) is 7.88. The predicted molar refractivity (Wildman–Crippen MR) is 128 cm³/mol. The normalized spacial score (nSPS) is 16.6. The van der Waals surface area contributed by atoms with Crippen LogP contribution in [0.25, 0.3) is 15.9 Å². The van der Waals surface area contributed by atoms with Crippen molar-refractivity contribution in [3.05, 3.63) is 58.6 Å². The maximum Gasteiger partial charge on any atom is 0.233 e. The van der Waals surface area contributed by atoms with E-state index in [-0.39, 0.29) is 5.91 Å². The van der Waals surface area contributed by atoms with Crippen molar-refractivity contribution in [3.8, 4) is 5.69 Å². The molecule has 0 saturated carbocycles. The van der Waals surface area contributed by atoms with Crippen LogP contribution in [0.15, 0.2) is 47.6 Å². The van der Waals surface area contributed by atoms with E-state index in [2.05, 4.69) is 40.6 Å². The number of tetrazole rings is 1. The predicted octanol–water partition coefficient (Wildman–Crippen LogP) is 4.39. The number of hydrogen-bond donors (Lipinski definition) is 0. The van der Waals surface area contributed by atoms with Crippen molar-refractivity contribution < 1.29 is 4.79 Å². The molecule has 0 spiro atoms. The highest BCUT2D eigenvalue weighted by molar-refractivity contribution is 7.99. The van der Waals surface area contributed by atoms with Gasteiger partial charge in [0.25, 0.3) is 0 Å². The Hall–Kier alpha value is -2.78. The van der Waals surface area contributed by atoms with E-state index in [9.17, 15) is 4.79 Å². The van der Waals surface area contributed by atoms with Crippen LogP contribution >= 0.6 is 23.1 Å². The summed E-state index contributed by atoms with van der Waals surface area (Å²) >= 11 is 3.13. The molecule has 2 aromatic heterocycles. The number of amides is 1. The van der Waals surface area contributed by atoms with Crippen molar-refractivity contribution in [1.29, 1.82) is 0 Å². The first-order chi connectivity index (χ1) is 15.6. The van der Waals surface area contributed by atoms with Gasteiger partial charge < -0.3 is 4.90 Å². The SMILES string of the molecule is Cc1ccc(-n2nnnc2SCC(=O)N2CCC[C@@H](c3nc4ccccc4s3)C2)c(C)c1.